The van der Waals surface area contributed by atoms with Crippen LogP contribution in [0.4, 0.5) is 17.2 Å². The van der Waals surface area contributed by atoms with Gasteiger partial charge in [0.2, 0.25) is 5.91 Å². The summed E-state index contributed by atoms with van der Waals surface area (Å²) in [6.07, 6.45) is 0. The lowest BCUT2D eigenvalue weighted by molar-refractivity contribution is -0.424. The van der Waals surface area contributed by atoms with E-state index in [1.165, 1.54) is 19.9 Å². The van der Waals surface area contributed by atoms with Gasteiger partial charge < -0.3 is 20.5 Å². The Morgan fingerprint density at radius 3 is 2.43 bits per heavy atom. The second-order valence-electron chi connectivity index (χ2n) is 5.56. The van der Waals surface area contributed by atoms with Crippen LogP contribution in [0.2, 0.25) is 0 Å². The molecule has 1 aromatic heterocycles. The lowest BCUT2D eigenvalue weighted by atomic mass is 10.3. The zero-order valence-corrected chi connectivity index (χ0v) is 15.5. The van der Waals surface area contributed by atoms with Crippen molar-refractivity contribution in [3.8, 4) is 5.75 Å². The largest absolute Gasteiger partial charge is 0.506 e. The maximum Gasteiger partial charge on any atom is 0.468 e. The molecule has 1 amide bonds. The average Bonchev–Trinajstić information content (AvgIpc) is 2.93. The Hall–Kier alpha value is -3.55. The number of anilines is 1. The Balaban J connectivity index is 2.31. The highest BCUT2D eigenvalue weighted by Crippen LogP contribution is 2.30. The third-order valence-electron chi connectivity index (χ3n) is 3.79. The molecule has 0 atom stereocenters. The van der Waals surface area contributed by atoms with Crippen LogP contribution in [0.5, 0.6) is 5.75 Å². The van der Waals surface area contributed by atoms with Crippen LogP contribution < -0.4 is 5.32 Å². The van der Waals surface area contributed by atoms with Crippen molar-refractivity contribution in [3.05, 3.63) is 44.1 Å². The fraction of sp³-hybridized carbons (Fsp3) is 0.286. The molecule has 0 saturated carbocycles. The minimum atomic E-state index is -3.59. The number of nitrogens with one attached hydrogen (secondary N) is 1. The van der Waals surface area contributed by atoms with Crippen LogP contribution in [-0.4, -0.2) is 44.8 Å². The number of aromatic nitrogens is 2. The highest BCUT2D eigenvalue weighted by atomic mass is 32.2. The topological polar surface area (TPSA) is 188 Å². The molecule has 28 heavy (non-hydrogen) atoms. The number of carbonyl (C=O) groups is 1. The van der Waals surface area contributed by atoms with Crippen molar-refractivity contribution in [3.63, 3.8) is 0 Å². The van der Waals surface area contributed by atoms with Gasteiger partial charge >= 0.3 is 11.5 Å². The maximum absolute atomic E-state index is 12.2. The Kier molecular flexibility index (Phi) is 5.63. The number of nitrogens with zero attached hydrogens (tertiary/aromatic N) is 4. The first kappa shape index (κ1) is 20.8. The second-order valence-corrected chi connectivity index (χ2v) is 7.84. The summed E-state index contributed by atoms with van der Waals surface area (Å²) in [6.45, 7) is 1.99. The van der Waals surface area contributed by atoms with Gasteiger partial charge in [-0.15, -0.1) is 0 Å². The van der Waals surface area contributed by atoms with E-state index in [4.69, 9.17) is 0 Å². The van der Waals surface area contributed by atoms with Crippen molar-refractivity contribution in [2.75, 3.05) is 11.1 Å². The normalized spacial score (nSPS) is 11.2. The summed E-state index contributed by atoms with van der Waals surface area (Å²) in [7, 11) is -3.59. The molecule has 0 bridgehead atoms. The number of hydrogen-bond donors (Lipinski definition) is 2. The molecule has 2 aromatic rings. The van der Waals surface area contributed by atoms with Gasteiger partial charge in [0.1, 0.15) is 18.0 Å². The average molecular weight is 413 g/mol. The molecule has 0 aliphatic rings. The summed E-state index contributed by atoms with van der Waals surface area (Å²) >= 11 is 0. The number of nitro groups is 2. The van der Waals surface area contributed by atoms with Gasteiger partial charge in [-0.1, -0.05) is 6.92 Å². The molecule has 1 aromatic carbocycles. The monoisotopic (exact) mass is 413 g/mol. The van der Waals surface area contributed by atoms with Crippen LogP contribution >= 0.6 is 0 Å². The van der Waals surface area contributed by atoms with E-state index >= 15 is 0 Å². The standard InChI is InChI=1S/C14H15N5O8S/c1-3-28(26,27)9-4-5-11(20)10(6-9)15-12(21)7-17-8(2)13(18(22)23)14(16-17)19(24)25/h4-6,20H,3,7H2,1-2H3,(H,15,21). The zero-order chi connectivity index (χ0) is 21.2. The molecule has 0 radical (unpaired) electrons. The minimum Gasteiger partial charge on any atom is -0.506 e. The van der Waals surface area contributed by atoms with Gasteiger partial charge in [-0.2, -0.15) is 4.68 Å². The smallest absolute Gasteiger partial charge is 0.468 e. The van der Waals surface area contributed by atoms with Crippen LogP contribution in [0, 0.1) is 27.2 Å². The van der Waals surface area contributed by atoms with E-state index in [-0.39, 0.29) is 22.0 Å². The van der Waals surface area contributed by atoms with Crippen LogP contribution in [0.25, 0.3) is 0 Å². The predicted molar refractivity (Wildman–Crippen MR) is 94.7 cm³/mol. The predicted octanol–water partition coefficient (Wildman–Crippen LogP) is 1.15. The maximum atomic E-state index is 12.2. The van der Waals surface area contributed by atoms with Gasteiger partial charge in [-0.05, 0) is 30.0 Å². The summed E-state index contributed by atoms with van der Waals surface area (Å²) in [5.41, 5.74) is -1.25. The molecule has 2 rings (SSSR count). The molecule has 0 unspecified atom stereocenters. The first-order chi connectivity index (χ1) is 13.0. The van der Waals surface area contributed by atoms with Crippen molar-refractivity contribution in [2.24, 2.45) is 0 Å². The molecule has 13 nitrogen and oxygen atoms in total. The molecule has 0 aliphatic carbocycles. The Morgan fingerprint density at radius 1 is 1.29 bits per heavy atom. The lowest BCUT2D eigenvalue weighted by Gasteiger charge is -2.09. The van der Waals surface area contributed by atoms with E-state index in [1.807, 2.05) is 0 Å². The van der Waals surface area contributed by atoms with E-state index in [0.29, 0.717) is 0 Å². The van der Waals surface area contributed by atoms with E-state index in [0.717, 1.165) is 16.8 Å². The summed E-state index contributed by atoms with van der Waals surface area (Å²) in [5, 5.41) is 37.5. The SMILES string of the molecule is CCS(=O)(=O)c1ccc(O)c(NC(=O)Cn2nc([N+](=O)[O-])c([N+](=O)[O-])c2C)c1. The highest BCUT2D eigenvalue weighted by molar-refractivity contribution is 7.91. The summed E-state index contributed by atoms with van der Waals surface area (Å²) in [6, 6.07) is 3.33. The summed E-state index contributed by atoms with van der Waals surface area (Å²) < 4.78 is 24.6. The number of phenolic OH excluding ortho intramolecular Hbond substituents is 1. The molecular formula is C14H15N5O8S. The second kappa shape index (κ2) is 7.59. The third-order valence-corrected chi connectivity index (χ3v) is 5.52. The van der Waals surface area contributed by atoms with Gasteiger partial charge in [0, 0.05) is 0 Å². The van der Waals surface area contributed by atoms with Gasteiger partial charge in [-0.3, -0.25) is 14.9 Å². The molecule has 0 spiro atoms. The van der Waals surface area contributed by atoms with Crippen LogP contribution in [0.15, 0.2) is 23.1 Å². The number of phenols is 1. The number of amides is 1. The van der Waals surface area contributed by atoms with Crippen molar-refractivity contribution in [1.82, 2.24) is 9.78 Å². The number of carbonyl (C=O) groups excluding carboxylic acids is 1. The molecule has 14 heteroatoms. The van der Waals surface area contributed by atoms with Crippen molar-refractivity contribution < 1.29 is 28.2 Å². The molecule has 150 valence electrons. The van der Waals surface area contributed by atoms with Gasteiger partial charge in [0.25, 0.3) is 0 Å². The number of sulfone groups is 1. The van der Waals surface area contributed by atoms with E-state index in [2.05, 4.69) is 10.4 Å². The molecule has 0 fully saturated rings. The van der Waals surface area contributed by atoms with Gasteiger partial charge in [0.05, 0.1) is 26.4 Å². The van der Waals surface area contributed by atoms with Crippen LogP contribution in [0.1, 0.15) is 12.6 Å². The third kappa shape index (κ3) is 4.06. The molecule has 0 aliphatic heterocycles. The first-order valence-electron chi connectivity index (χ1n) is 7.69. The number of aromatic hydroxyl groups is 1. The zero-order valence-electron chi connectivity index (χ0n) is 14.6. The molecule has 0 saturated heterocycles. The number of rotatable bonds is 7. The van der Waals surface area contributed by atoms with Crippen molar-refractivity contribution in [1.29, 1.82) is 0 Å². The number of hydrogen-bond acceptors (Lipinski definition) is 9. The van der Waals surface area contributed by atoms with E-state index < -0.39 is 49.4 Å². The Bertz CT molecular complexity index is 1080. The van der Waals surface area contributed by atoms with Crippen molar-refractivity contribution in [2.45, 2.75) is 25.3 Å². The Labute approximate surface area is 157 Å². The Morgan fingerprint density at radius 2 is 1.93 bits per heavy atom. The summed E-state index contributed by atoms with van der Waals surface area (Å²) in [5.74, 6) is -2.44. The van der Waals surface area contributed by atoms with Crippen molar-refractivity contribution >= 4 is 32.9 Å². The van der Waals surface area contributed by atoms with Gasteiger partial charge in [-0.25, -0.2) is 8.42 Å². The highest BCUT2D eigenvalue weighted by Gasteiger charge is 2.35. The van der Waals surface area contributed by atoms with Gasteiger partial charge in [0.15, 0.2) is 9.84 Å². The molecule has 1 heterocycles. The number of benzene rings is 1. The molecule has 2 N–H and O–H groups in total. The van der Waals surface area contributed by atoms with Crippen LogP contribution in [0.3, 0.4) is 0 Å². The summed E-state index contributed by atoms with van der Waals surface area (Å²) in [4.78, 5) is 32.0. The first-order valence-corrected chi connectivity index (χ1v) is 9.35. The van der Waals surface area contributed by atoms with Crippen LogP contribution in [-0.2, 0) is 21.2 Å². The quantitative estimate of drug-likeness (QED) is 0.381. The van der Waals surface area contributed by atoms with E-state index in [1.54, 1.807) is 0 Å². The fourth-order valence-corrected chi connectivity index (χ4v) is 3.22. The molecular weight excluding hydrogens is 398 g/mol. The van der Waals surface area contributed by atoms with E-state index in [9.17, 15) is 38.5 Å². The fourth-order valence-electron chi connectivity index (χ4n) is 2.31. The lowest BCUT2D eigenvalue weighted by Crippen LogP contribution is -2.20. The minimum absolute atomic E-state index is 0.121.